The molecule has 0 spiro atoms. The van der Waals surface area contributed by atoms with Gasteiger partial charge in [-0.25, -0.2) is 4.39 Å². The van der Waals surface area contributed by atoms with E-state index in [2.05, 4.69) is 0 Å². The second kappa shape index (κ2) is 7.11. The molecule has 28 heavy (non-hydrogen) atoms. The molecule has 0 aromatic heterocycles. The van der Waals surface area contributed by atoms with Crippen molar-refractivity contribution < 1.29 is 23.8 Å². The number of ether oxygens (including phenoxy) is 1. The fourth-order valence-corrected chi connectivity index (χ4v) is 3.32. The summed E-state index contributed by atoms with van der Waals surface area (Å²) in [6.07, 6.45) is 0. The lowest BCUT2D eigenvalue weighted by molar-refractivity contribution is -0.123. The Balaban J connectivity index is 2.27. The fourth-order valence-electron chi connectivity index (χ4n) is 3.32. The number of carbonyl (C=O) groups is 2. The summed E-state index contributed by atoms with van der Waals surface area (Å²) in [6, 6.07) is 11.5. The molecule has 1 unspecified atom stereocenters. The van der Waals surface area contributed by atoms with Crippen molar-refractivity contribution in [3.63, 3.8) is 0 Å². The van der Waals surface area contributed by atoms with E-state index >= 15 is 0 Å². The Labute approximate surface area is 163 Å². The van der Waals surface area contributed by atoms with Crippen LogP contribution in [0.2, 0.25) is 0 Å². The molecule has 0 aliphatic carbocycles. The smallest absolute Gasteiger partial charge is 0.294 e. The number of hydrogen-bond donors (Lipinski definition) is 1. The molecule has 5 nitrogen and oxygen atoms in total. The summed E-state index contributed by atoms with van der Waals surface area (Å²) in [4.78, 5) is 27.3. The first-order valence-corrected chi connectivity index (χ1v) is 8.86. The van der Waals surface area contributed by atoms with Crippen LogP contribution in [-0.4, -0.2) is 23.9 Å². The number of para-hydroxylation sites is 1. The molecule has 1 heterocycles. The number of halogens is 1. The highest BCUT2D eigenvalue weighted by Crippen LogP contribution is 2.45. The molecule has 0 saturated heterocycles. The summed E-state index contributed by atoms with van der Waals surface area (Å²) < 4.78 is 19.3. The number of rotatable bonds is 4. The first kappa shape index (κ1) is 19.6. The van der Waals surface area contributed by atoms with Gasteiger partial charge in [0, 0.05) is 16.7 Å². The first-order chi connectivity index (χ1) is 13.2. The van der Waals surface area contributed by atoms with Crippen LogP contribution in [0.15, 0.2) is 59.9 Å². The van der Waals surface area contributed by atoms with Gasteiger partial charge in [0.25, 0.3) is 5.91 Å². The molecule has 0 radical (unpaired) electrons. The maximum Gasteiger partial charge on any atom is 0.294 e. The number of aliphatic hydroxyl groups excluding tert-OH is 1. The van der Waals surface area contributed by atoms with Gasteiger partial charge in [-0.2, -0.15) is 0 Å². The van der Waals surface area contributed by atoms with Crippen molar-refractivity contribution in [1.29, 1.82) is 0 Å². The third-order valence-corrected chi connectivity index (χ3v) is 4.65. The zero-order valence-electron chi connectivity index (χ0n) is 16.2. The number of benzene rings is 2. The highest BCUT2D eigenvalue weighted by molar-refractivity contribution is 6.17. The topological polar surface area (TPSA) is 66.8 Å². The van der Waals surface area contributed by atoms with Gasteiger partial charge in [-0.1, -0.05) is 45.0 Å². The van der Waals surface area contributed by atoms with E-state index in [0.29, 0.717) is 11.3 Å². The van der Waals surface area contributed by atoms with Crippen molar-refractivity contribution in [2.75, 3.05) is 12.0 Å². The molecular weight excluding hydrogens is 361 g/mol. The number of hydrogen-bond acceptors (Lipinski definition) is 4. The highest BCUT2D eigenvalue weighted by Gasteiger charge is 2.47. The Morgan fingerprint density at radius 1 is 1.14 bits per heavy atom. The van der Waals surface area contributed by atoms with E-state index in [4.69, 9.17) is 4.74 Å². The third kappa shape index (κ3) is 3.26. The van der Waals surface area contributed by atoms with E-state index in [1.54, 1.807) is 51.1 Å². The predicted molar refractivity (Wildman–Crippen MR) is 104 cm³/mol. The Hall–Kier alpha value is -3.15. The molecule has 0 fully saturated rings. The van der Waals surface area contributed by atoms with Crippen LogP contribution in [-0.2, 0) is 9.59 Å². The number of carbonyl (C=O) groups excluding carboxylic acids is 2. The molecule has 1 aliphatic rings. The number of amides is 1. The number of anilines is 1. The van der Waals surface area contributed by atoms with Gasteiger partial charge in [0.2, 0.25) is 0 Å². The van der Waals surface area contributed by atoms with Crippen molar-refractivity contribution >= 4 is 17.4 Å². The first-order valence-electron chi connectivity index (χ1n) is 8.86. The Morgan fingerprint density at radius 3 is 2.43 bits per heavy atom. The molecule has 2 aromatic rings. The molecule has 6 heteroatoms. The summed E-state index contributed by atoms with van der Waals surface area (Å²) in [6.45, 7) is 5.14. The van der Waals surface area contributed by atoms with E-state index in [-0.39, 0.29) is 17.0 Å². The van der Waals surface area contributed by atoms with Crippen LogP contribution >= 0.6 is 0 Å². The lowest BCUT2D eigenvalue weighted by atomic mass is 9.82. The average Bonchev–Trinajstić information content (AvgIpc) is 2.91. The van der Waals surface area contributed by atoms with E-state index in [1.807, 2.05) is 0 Å². The van der Waals surface area contributed by atoms with Crippen LogP contribution in [0.3, 0.4) is 0 Å². The molecular formula is C22H22FNO4. The number of nitrogens with zero attached hydrogens (tertiary/aromatic N) is 1. The second-order valence-electron chi connectivity index (χ2n) is 7.64. The van der Waals surface area contributed by atoms with E-state index in [0.717, 1.165) is 0 Å². The molecule has 3 rings (SSSR count). The van der Waals surface area contributed by atoms with Crippen molar-refractivity contribution in [3.8, 4) is 5.75 Å². The van der Waals surface area contributed by atoms with E-state index in [9.17, 15) is 19.1 Å². The summed E-state index contributed by atoms with van der Waals surface area (Å²) in [7, 11) is 1.48. The second-order valence-corrected chi connectivity index (χ2v) is 7.64. The largest absolute Gasteiger partial charge is 0.503 e. The van der Waals surface area contributed by atoms with Gasteiger partial charge in [0.1, 0.15) is 11.6 Å². The average molecular weight is 383 g/mol. The molecule has 1 atom stereocenters. The molecule has 0 saturated carbocycles. The molecule has 1 N–H and O–H groups in total. The molecule has 146 valence electrons. The Kier molecular flexibility index (Phi) is 4.98. The fraction of sp³-hybridized carbons (Fsp3) is 0.273. The quantitative estimate of drug-likeness (QED) is 0.852. The normalized spacial score (nSPS) is 17.2. The van der Waals surface area contributed by atoms with Gasteiger partial charge in [0.05, 0.1) is 18.7 Å². The lowest BCUT2D eigenvalue weighted by Crippen LogP contribution is -2.33. The van der Waals surface area contributed by atoms with Crippen LogP contribution in [0.25, 0.3) is 0 Å². The summed E-state index contributed by atoms with van der Waals surface area (Å²) >= 11 is 0. The van der Waals surface area contributed by atoms with Gasteiger partial charge in [-0.15, -0.1) is 0 Å². The van der Waals surface area contributed by atoms with Crippen LogP contribution in [0.1, 0.15) is 32.4 Å². The number of aliphatic hydroxyl groups is 1. The van der Waals surface area contributed by atoms with Crippen LogP contribution < -0.4 is 9.64 Å². The summed E-state index contributed by atoms with van der Waals surface area (Å²) in [5, 5.41) is 10.6. The monoisotopic (exact) mass is 383 g/mol. The van der Waals surface area contributed by atoms with Crippen molar-refractivity contribution in [3.05, 3.63) is 71.2 Å². The highest BCUT2D eigenvalue weighted by atomic mass is 19.1. The zero-order valence-corrected chi connectivity index (χ0v) is 16.2. The standard InChI is InChI=1S/C22H22FNO4/c1-22(2,3)20(26)17-18(15-10-5-6-11-16(15)28-4)24(21(27)19(17)25)14-9-7-8-13(23)12-14/h5-12,18,25H,1-4H3. The van der Waals surface area contributed by atoms with Crippen LogP contribution in [0, 0.1) is 11.2 Å². The molecule has 0 bridgehead atoms. The number of Topliss-reactive ketones (excluding diaryl/α,β-unsaturated/α-hetero) is 1. The van der Waals surface area contributed by atoms with Gasteiger partial charge in [-0.3, -0.25) is 14.5 Å². The Bertz CT molecular complexity index is 974. The number of ketones is 1. The number of methoxy groups -OCH3 is 1. The van der Waals surface area contributed by atoms with Crippen molar-refractivity contribution in [1.82, 2.24) is 0 Å². The van der Waals surface area contributed by atoms with Gasteiger partial charge in [0.15, 0.2) is 11.5 Å². The van der Waals surface area contributed by atoms with Crippen LogP contribution in [0.4, 0.5) is 10.1 Å². The Morgan fingerprint density at radius 2 is 1.82 bits per heavy atom. The SMILES string of the molecule is COc1ccccc1C1C(C(=O)C(C)(C)C)=C(O)C(=O)N1c1cccc(F)c1. The molecule has 1 aliphatic heterocycles. The summed E-state index contributed by atoms with van der Waals surface area (Å²) in [5.74, 6) is -1.82. The maximum atomic E-state index is 13.9. The summed E-state index contributed by atoms with van der Waals surface area (Å²) in [5.41, 5.74) is -0.0865. The van der Waals surface area contributed by atoms with Gasteiger partial charge in [-0.05, 0) is 24.3 Å². The predicted octanol–water partition coefficient (Wildman–Crippen LogP) is 4.35. The van der Waals surface area contributed by atoms with Gasteiger partial charge >= 0.3 is 0 Å². The van der Waals surface area contributed by atoms with E-state index in [1.165, 1.54) is 30.2 Å². The third-order valence-electron chi connectivity index (χ3n) is 4.65. The minimum Gasteiger partial charge on any atom is -0.503 e. The van der Waals surface area contributed by atoms with Gasteiger partial charge < -0.3 is 9.84 Å². The van der Waals surface area contributed by atoms with Crippen LogP contribution in [0.5, 0.6) is 5.75 Å². The lowest BCUT2D eigenvalue weighted by Gasteiger charge is -2.29. The van der Waals surface area contributed by atoms with Crippen molar-refractivity contribution in [2.45, 2.75) is 26.8 Å². The minimum absolute atomic E-state index is 0.0220. The zero-order chi connectivity index (χ0) is 20.6. The van der Waals surface area contributed by atoms with E-state index < -0.39 is 28.9 Å². The molecule has 2 aromatic carbocycles. The van der Waals surface area contributed by atoms with Crippen molar-refractivity contribution in [2.24, 2.45) is 5.41 Å². The maximum absolute atomic E-state index is 13.9. The minimum atomic E-state index is -0.933. The molecule has 1 amide bonds.